The van der Waals surface area contributed by atoms with Crippen molar-refractivity contribution in [3.8, 4) is 5.75 Å². The fourth-order valence-corrected chi connectivity index (χ4v) is 1.85. The maximum Gasteiger partial charge on any atom is 0.229 e. The number of hydrogen-bond donors (Lipinski definition) is 1. The zero-order valence-electron chi connectivity index (χ0n) is 11.7. The van der Waals surface area contributed by atoms with E-state index in [0.717, 1.165) is 16.9 Å². The summed E-state index contributed by atoms with van der Waals surface area (Å²) in [4.78, 5) is 4.32. The molecule has 1 heterocycles. The molecule has 1 atom stereocenters. The average Bonchev–Trinajstić information content (AvgIpc) is 2.87. The summed E-state index contributed by atoms with van der Waals surface area (Å²) in [6.07, 6.45) is 0. The molecule has 0 radical (unpaired) electrons. The van der Waals surface area contributed by atoms with Crippen LogP contribution in [0, 0.1) is 6.92 Å². The molecule has 0 aliphatic rings. The predicted octanol–water partition coefficient (Wildman–Crippen LogP) is 2.56. The predicted molar refractivity (Wildman–Crippen MR) is 72.1 cm³/mol. The topological polar surface area (TPSA) is 74.2 Å². The van der Waals surface area contributed by atoms with Crippen molar-refractivity contribution in [1.82, 2.24) is 10.1 Å². The lowest BCUT2D eigenvalue weighted by Gasteiger charge is -2.11. The van der Waals surface area contributed by atoms with Gasteiger partial charge in [-0.15, -0.1) is 0 Å². The second kappa shape index (κ2) is 5.40. The molecule has 0 spiro atoms. The molecule has 1 aromatic carbocycles. The highest BCUT2D eigenvalue weighted by Gasteiger charge is 2.18. The first-order valence-electron chi connectivity index (χ1n) is 6.26. The van der Waals surface area contributed by atoms with E-state index in [4.69, 9.17) is 15.0 Å². The molecule has 0 aliphatic carbocycles. The molecule has 5 nitrogen and oxygen atoms in total. The largest absolute Gasteiger partial charge is 0.496 e. The summed E-state index contributed by atoms with van der Waals surface area (Å²) >= 11 is 0. The van der Waals surface area contributed by atoms with E-state index in [-0.39, 0.29) is 12.0 Å². The molecule has 19 heavy (non-hydrogen) atoms. The Bertz CT molecular complexity index is 564. The molecule has 0 fully saturated rings. The third-order valence-corrected chi connectivity index (χ3v) is 3.01. The minimum atomic E-state index is -0.388. The zero-order chi connectivity index (χ0) is 14.0. The molecule has 0 bridgehead atoms. The lowest BCUT2D eigenvalue weighted by molar-refractivity contribution is 0.359. The first kappa shape index (κ1) is 13.5. The van der Waals surface area contributed by atoms with Crippen LogP contribution < -0.4 is 10.5 Å². The van der Waals surface area contributed by atoms with Gasteiger partial charge >= 0.3 is 0 Å². The van der Waals surface area contributed by atoms with Gasteiger partial charge in [0.15, 0.2) is 5.82 Å². The summed E-state index contributed by atoms with van der Waals surface area (Å²) in [7, 11) is 1.65. The first-order chi connectivity index (χ1) is 9.02. The number of nitrogens with zero attached hydrogens (tertiary/aromatic N) is 2. The highest BCUT2D eigenvalue weighted by Crippen LogP contribution is 2.24. The van der Waals surface area contributed by atoms with Gasteiger partial charge in [-0.05, 0) is 24.1 Å². The van der Waals surface area contributed by atoms with Crippen molar-refractivity contribution in [1.29, 1.82) is 0 Å². The summed E-state index contributed by atoms with van der Waals surface area (Å²) in [5.74, 6) is 2.15. The Kier molecular flexibility index (Phi) is 3.85. The molecule has 1 aromatic heterocycles. The van der Waals surface area contributed by atoms with Gasteiger partial charge in [-0.2, -0.15) is 4.98 Å². The molecule has 2 aromatic rings. The highest BCUT2D eigenvalue weighted by molar-refractivity contribution is 5.38. The molecule has 0 saturated carbocycles. The van der Waals surface area contributed by atoms with Crippen molar-refractivity contribution in [2.24, 2.45) is 5.73 Å². The summed E-state index contributed by atoms with van der Waals surface area (Å²) < 4.78 is 10.4. The number of benzene rings is 1. The third kappa shape index (κ3) is 2.76. The van der Waals surface area contributed by atoms with E-state index < -0.39 is 0 Å². The molecular weight excluding hydrogens is 242 g/mol. The number of rotatable bonds is 4. The van der Waals surface area contributed by atoms with Gasteiger partial charge in [-0.25, -0.2) is 0 Å². The Hall–Kier alpha value is -1.88. The van der Waals surface area contributed by atoms with Crippen molar-refractivity contribution in [3.05, 3.63) is 41.0 Å². The van der Waals surface area contributed by atoms with E-state index in [1.807, 2.05) is 39.0 Å². The van der Waals surface area contributed by atoms with Crippen molar-refractivity contribution in [2.75, 3.05) is 7.11 Å². The number of aromatic nitrogens is 2. The molecule has 5 heteroatoms. The maximum absolute atomic E-state index is 6.16. The molecule has 0 amide bonds. The summed E-state index contributed by atoms with van der Waals surface area (Å²) in [6, 6.07) is 5.41. The monoisotopic (exact) mass is 261 g/mol. The number of methoxy groups -OCH3 is 1. The van der Waals surface area contributed by atoms with Crippen molar-refractivity contribution >= 4 is 0 Å². The van der Waals surface area contributed by atoms with Crippen LogP contribution in [0.3, 0.4) is 0 Å². The Balaban J connectivity index is 2.27. The van der Waals surface area contributed by atoms with Gasteiger partial charge in [0.25, 0.3) is 0 Å². The number of ether oxygens (including phenoxy) is 1. The Labute approximate surface area is 112 Å². The smallest absolute Gasteiger partial charge is 0.229 e. The van der Waals surface area contributed by atoms with E-state index in [1.54, 1.807) is 7.11 Å². The van der Waals surface area contributed by atoms with Crippen LogP contribution in [0.4, 0.5) is 0 Å². The van der Waals surface area contributed by atoms with Crippen molar-refractivity contribution in [2.45, 2.75) is 32.7 Å². The van der Waals surface area contributed by atoms with Crippen molar-refractivity contribution < 1.29 is 9.26 Å². The number of aryl methyl sites for hydroxylation is 1. The second-order valence-corrected chi connectivity index (χ2v) is 4.85. The van der Waals surface area contributed by atoms with Crippen LogP contribution in [0.15, 0.2) is 22.7 Å². The summed E-state index contributed by atoms with van der Waals surface area (Å²) in [6.45, 7) is 5.98. The van der Waals surface area contributed by atoms with Crippen LogP contribution in [0.1, 0.15) is 48.6 Å². The van der Waals surface area contributed by atoms with Crippen LogP contribution in [0.2, 0.25) is 0 Å². The van der Waals surface area contributed by atoms with Crippen LogP contribution in [0.25, 0.3) is 0 Å². The Morgan fingerprint density at radius 3 is 2.58 bits per heavy atom. The highest BCUT2D eigenvalue weighted by atomic mass is 16.5. The third-order valence-electron chi connectivity index (χ3n) is 3.01. The van der Waals surface area contributed by atoms with Gasteiger partial charge in [0.1, 0.15) is 5.75 Å². The molecule has 0 saturated heterocycles. The van der Waals surface area contributed by atoms with Gasteiger partial charge < -0.3 is 15.0 Å². The van der Waals surface area contributed by atoms with Gasteiger partial charge in [0.2, 0.25) is 5.89 Å². The van der Waals surface area contributed by atoms with E-state index in [9.17, 15) is 0 Å². The molecule has 102 valence electrons. The molecule has 1 unspecified atom stereocenters. The number of nitrogens with two attached hydrogens (primary N) is 1. The summed E-state index contributed by atoms with van der Waals surface area (Å²) in [5, 5.41) is 3.94. The lowest BCUT2D eigenvalue weighted by atomic mass is 10.0. The second-order valence-electron chi connectivity index (χ2n) is 4.85. The van der Waals surface area contributed by atoms with Gasteiger partial charge in [-0.3, -0.25) is 0 Å². The standard InChI is InChI=1S/C14H19N3O2/c1-8(2)14-16-13(17-19-14)12(15)10-5-6-11(18-4)9(3)7-10/h5-8,12H,15H2,1-4H3. The molecule has 2 rings (SSSR count). The van der Waals surface area contributed by atoms with Crippen molar-refractivity contribution in [3.63, 3.8) is 0 Å². The fourth-order valence-electron chi connectivity index (χ4n) is 1.85. The average molecular weight is 261 g/mol. The molecular formula is C14H19N3O2. The van der Waals surface area contributed by atoms with Crippen LogP contribution in [-0.2, 0) is 0 Å². The fraction of sp³-hybridized carbons (Fsp3) is 0.429. The number of hydrogen-bond acceptors (Lipinski definition) is 5. The van der Waals surface area contributed by atoms with Gasteiger partial charge in [0, 0.05) is 5.92 Å². The lowest BCUT2D eigenvalue weighted by Crippen LogP contribution is -2.14. The first-order valence-corrected chi connectivity index (χ1v) is 6.26. The van der Waals surface area contributed by atoms with E-state index in [1.165, 1.54) is 0 Å². The normalized spacial score (nSPS) is 12.7. The van der Waals surface area contributed by atoms with Gasteiger partial charge in [0.05, 0.1) is 13.2 Å². The quantitative estimate of drug-likeness (QED) is 0.915. The SMILES string of the molecule is COc1ccc(C(N)c2noc(C(C)C)n2)cc1C. The maximum atomic E-state index is 6.16. The van der Waals surface area contributed by atoms with Crippen LogP contribution >= 0.6 is 0 Å². The molecule has 0 aliphatic heterocycles. The van der Waals surface area contributed by atoms with E-state index >= 15 is 0 Å². The summed E-state index contributed by atoms with van der Waals surface area (Å²) in [5.41, 5.74) is 8.13. The van der Waals surface area contributed by atoms with Gasteiger partial charge in [-0.1, -0.05) is 31.1 Å². The molecule has 2 N–H and O–H groups in total. The van der Waals surface area contributed by atoms with E-state index in [2.05, 4.69) is 10.1 Å². The Morgan fingerprint density at radius 1 is 1.32 bits per heavy atom. The minimum absolute atomic E-state index is 0.200. The van der Waals surface area contributed by atoms with Crippen LogP contribution in [0.5, 0.6) is 5.75 Å². The van der Waals surface area contributed by atoms with Crippen LogP contribution in [-0.4, -0.2) is 17.3 Å². The Morgan fingerprint density at radius 2 is 2.05 bits per heavy atom. The minimum Gasteiger partial charge on any atom is -0.496 e. The zero-order valence-corrected chi connectivity index (χ0v) is 11.7. The van der Waals surface area contributed by atoms with E-state index in [0.29, 0.717) is 11.7 Å².